The first-order chi connectivity index (χ1) is 7.29. The number of benzene rings is 1. The maximum absolute atomic E-state index is 4.21. The Balaban J connectivity index is 2.08. The lowest BCUT2D eigenvalue weighted by Crippen LogP contribution is -2.20. The lowest BCUT2D eigenvalue weighted by Gasteiger charge is -2.13. The highest BCUT2D eigenvalue weighted by Gasteiger charge is 2.00. The van der Waals surface area contributed by atoms with Crippen molar-refractivity contribution in [3.63, 3.8) is 0 Å². The lowest BCUT2D eigenvalue weighted by molar-refractivity contribution is 0.357. The topological polar surface area (TPSA) is 31.9 Å². The monoisotopic (exact) mass is 203 g/mol. The Morgan fingerprint density at radius 2 is 2.27 bits per heavy atom. The number of aromatic nitrogens is 2. The number of hydrogen-bond acceptors (Lipinski definition) is 2. The molecule has 0 unspecified atom stereocenters. The number of nitrogens with one attached hydrogen (secondary N) is 1. The SMILES string of the molecule is CCN(C)CCc1ccc2nc[nH]c2c1. The normalized spacial score (nSPS) is 11.4. The molecule has 0 aliphatic heterocycles. The van der Waals surface area contributed by atoms with E-state index in [1.807, 2.05) is 0 Å². The summed E-state index contributed by atoms with van der Waals surface area (Å²) in [6.45, 7) is 4.39. The van der Waals surface area contributed by atoms with E-state index in [1.165, 1.54) is 5.56 Å². The van der Waals surface area contributed by atoms with Gasteiger partial charge in [0.15, 0.2) is 0 Å². The second-order valence-electron chi connectivity index (χ2n) is 3.90. The molecule has 1 aromatic carbocycles. The van der Waals surface area contributed by atoms with Crippen LogP contribution in [0.2, 0.25) is 0 Å². The minimum atomic E-state index is 1.04. The van der Waals surface area contributed by atoms with Crippen molar-refractivity contribution in [3.8, 4) is 0 Å². The van der Waals surface area contributed by atoms with Gasteiger partial charge >= 0.3 is 0 Å². The summed E-state index contributed by atoms with van der Waals surface area (Å²) in [6, 6.07) is 6.42. The molecular formula is C12H17N3. The smallest absolute Gasteiger partial charge is 0.0931 e. The average molecular weight is 203 g/mol. The van der Waals surface area contributed by atoms with Gasteiger partial charge < -0.3 is 9.88 Å². The number of H-pyrrole nitrogens is 1. The molecule has 2 aromatic rings. The van der Waals surface area contributed by atoms with E-state index in [-0.39, 0.29) is 0 Å². The molecule has 0 spiro atoms. The van der Waals surface area contributed by atoms with E-state index < -0.39 is 0 Å². The minimum absolute atomic E-state index is 1.04. The Morgan fingerprint density at radius 1 is 1.40 bits per heavy atom. The van der Waals surface area contributed by atoms with Crippen LogP contribution in [-0.4, -0.2) is 35.0 Å². The van der Waals surface area contributed by atoms with E-state index in [4.69, 9.17) is 0 Å². The van der Waals surface area contributed by atoms with Crippen LogP contribution >= 0.6 is 0 Å². The molecule has 0 atom stereocenters. The fourth-order valence-corrected chi connectivity index (χ4v) is 1.62. The molecule has 0 saturated carbocycles. The largest absolute Gasteiger partial charge is 0.345 e. The zero-order chi connectivity index (χ0) is 10.7. The van der Waals surface area contributed by atoms with E-state index in [9.17, 15) is 0 Å². The second-order valence-corrected chi connectivity index (χ2v) is 3.90. The summed E-state index contributed by atoms with van der Waals surface area (Å²) in [5, 5.41) is 0. The number of fused-ring (bicyclic) bond motifs is 1. The molecular weight excluding hydrogens is 186 g/mol. The molecule has 3 nitrogen and oxygen atoms in total. The van der Waals surface area contributed by atoms with Gasteiger partial charge in [-0.05, 0) is 37.7 Å². The van der Waals surface area contributed by atoms with E-state index in [1.54, 1.807) is 6.33 Å². The minimum Gasteiger partial charge on any atom is -0.345 e. The van der Waals surface area contributed by atoms with Gasteiger partial charge in [0, 0.05) is 6.54 Å². The van der Waals surface area contributed by atoms with Crippen LogP contribution in [0.1, 0.15) is 12.5 Å². The van der Waals surface area contributed by atoms with Crippen molar-refractivity contribution in [2.75, 3.05) is 20.1 Å². The van der Waals surface area contributed by atoms with Gasteiger partial charge in [0.25, 0.3) is 0 Å². The Bertz CT molecular complexity index is 433. The molecule has 0 radical (unpaired) electrons. The van der Waals surface area contributed by atoms with Crippen LogP contribution in [-0.2, 0) is 6.42 Å². The quantitative estimate of drug-likeness (QED) is 0.824. The fourth-order valence-electron chi connectivity index (χ4n) is 1.62. The number of hydrogen-bond donors (Lipinski definition) is 1. The maximum Gasteiger partial charge on any atom is 0.0931 e. The molecule has 3 heteroatoms. The van der Waals surface area contributed by atoms with E-state index in [0.717, 1.165) is 30.5 Å². The standard InChI is InChI=1S/C12H17N3/c1-3-15(2)7-6-10-4-5-11-12(8-10)14-9-13-11/h4-5,8-9H,3,6-7H2,1-2H3,(H,13,14). The molecule has 0 saturated heterocycles. The summed E-state index contributed by atoms with van der Waals surface area (Å²) in [6.07, 6.45) is 2.84. The zero-order valence-corrected chi connectivity index (χ0v) is 9.33. The van der Waals surface area contributed by atoms with Crippen molar-refractivity contribution in [2.24, 2.45) is 0 Å². The first kappa shape index (κ1) is 10.2. The van der Waals surface area contributed by atoms with E-state index >= 15 is 0 Å². The molecule has 1 N–H and O–H groups in total. The third kappa shape index (κ3) is 2.36. The predicted octanol–water partition coefficient (Wildman–Crippen LogP) is 2.06. The summed E-state index contributed by atoms with van der Waals surface area (Å²) in [4.78, 5) is 9.66. The number of rotatable bonds is 4. The summed E-state index contributed by atoms with van der Waals surface area (Å²) in [7, 11) is 2.15. The van der Waals surface area contributed by atoms with Crippen LogP contribution in [0.3, 0.4) is 0 Å². The number of likely N-dealkylation sites (N-methyl/N-ethyl adjacent to an activating group) is 1. The fraction of sp³-hybridized carbons (Fsp3) is 0.417. The summed E-state index contributed by atoms with van der Waals surface area (Å²) < 4.78 is 0. The predicted molar refractivity (Wildman–Crippen MR) is 63.0 cm³/mol. The number of imidazole rings is 1. The van der Waals surface area contributed by atoms with Crippen molar-refractivity contribution in [2.45, 2.75) is 13.3 Å². The van der Waals surface area contributed by atoms with Gasteiger partial charge in [0.2, 0.25) is 0 Å². The molecule has 0 amide bonds. The van der Waals surface area contributed by atoms with E-state index in [2.05, 4.69) is 47.0 Å². The summed E-state index contributed by atoms with van der Waals surface area (Å²) in [5.41, 5.74) is 3.54. The highest BCUT2D eigenvalue weighted by molar-refractivity contribution is 5.74. The molecule has 80 valence electrons. The van der Waals surface area contributed by atoms with Crippen molar-refractivity contribution >= 4 is 11.0 Å². The van der Waals surface area contributed by atoms with Crippen molar-refractivity contribution in [1.29, 1.82) is 0 Å². The maximum atomic E-state index is 4.21. The first-order valence-corrected chi connectivity index (χ1v) is 5.40. The van der Waals surface area contributed by atoms with Gasteiger partial charge in [-0.15, -0.1) is 0 Å². The Kier molecular flexibility index (Phi) is 3.02. The second kappa shape index (κ2) is 4.45. The van der Waals surface area contributed by atoms with Gasteiger partial charge in [0.05, 0.1) is 17.4 Å². The third-order valence-corrected chi connectivity index (χ3v) is 2.81. The van der Waals surface area contributed by atoms with Crippen LogP contribution in [0.5, 0.6) is 0 Å². The van der Waals surface area contributed by atoms with Crippen LogP contribution in [0.25, 0.3) is 11.0 Å². The van der Waals surface area contributed by atoms with Crippen LogP contribution in [0, 0.1) is 0 Å². The van der Waals surface area contributed by atoms with Crippen molar-refractivity contribution in [1.82, 2.24) is 14.9 Å². The van der Waals surface area contributed by atoms with Crippen LogP contribution in [0.15, 0.2) is 24.5 Å². The van der Waals surface area contributed by atoms with Crippen LogP contribution < -0.4 is 0 Å². The average Bonchev–Trinajstić information content (AvgIpc) is 2.72. The molecule has 0 fully saturated rings. The van der Waals surface area contributed by atoms with Crippen LogP contribution in [0.4, 0.5) is 0 Å². The Morgan fingerprint density at radius 3 is 3.07 bits per heavy atom. The number of aromatic amines is 1. The Labute approximate surface area is 90.1 Å². The highest BCUT2D eigenvalue weighted by atomic mass is 15.1. The van der Waals surface area contributed by atoms with E-state index in [0.29, 0.717) is 0 Å². The highest BCUT2D eigenvalue weighted by Crippen LogP contribution is 2.12. The molecule has 0 bridgehead atoms. The van der Waals surface area contributed by atoms with Crippen molar-refractivity contribution in [3.05, 3.63) is 30.1 Å². The summed E-state index contributed by atoms with van der Waals surface area (Å²) in [5.74, 6) is 0. The molecule has 15 heavy (non-hydrogen) atoms. The number of nitrogens with zero attached hydrogens (tertiary/aromatic N) is 2. The molecule has 0 aliphatic carbocycles. The van der Waals surface area contributed by atoms with Gasteiger partial charge in [-0.2, -0.15) is 0 Å². The van der Waals surface area contributed by atoms with Gasteiger partial charge in [-0.25, -0.2) is 4.98 Å². The third-order valence-electron chi connectivity index (χ3n) is 2.81. The van der Waals surface area contributed by atoms with Gasteiger partial charge in [0.1, 0.15) is 0 Å². The first-order valence-electron chi connectivity index (χ1n) is 5.40. The Hall–Kier alpha value is -1.35. The molecule has 1 aromatic heterocycles. The van der Waals surface area contributed by atoms with Crippen molar-refractivity contribution < 1.29 is 0 Å². The molecule has 1 heterocycles. The molecule has 2 rings (SSSR count). The van der Waals surface area contributed by atoms with Gasteiger partial charge in [-0.3, -0.25) is 0 Å². The summed E-state index contributed by atoms with van der Waals surface area (Å²) >= 11 is 0. The van der Waals surface area contributed by atoms with Gasteiger partial charge in [-0.1, -0.05) is 13.0 Å². The zero-order valence-electron chi connectivity index (χ0n) is 9.33. The molecule has 0 aliphatic rings. The lowest BCUT2D eigenvalue weighted by atomic mass is 10.1.